The molecule has 0 spiro atoms. The topological polar surface area (TPSA) is 121 Å². The number of amides is 1. The highest BCUT2D eigenvalue weighted by atomic mass is 35.5. The molecule has 0 unspecified atom stereocenters. The molecule has 0 fully saturated rings. The van der Waals surface area contributed by atoms with Crippen molar-refractivity contribution in [2.75, 3.05) is 11.1 Å². The third kappa shape index (κ3) is 5.62. The van der Waals surface area contributed by atoms with Gasteiger partial charge >= 0.3 is 0 Å². The molecule has 4 rings (SSSR count). The zero-order chi connectivity index (χ0) is 24.9. The van der Waals surface area contributed by atoms with E-state index < -0.39 is 12.6 Å². The number of pyridine rings is 1. The SMILES string of the molecule is Nc1nc(-c2cc(Nc3ccc(Cl)cc3CF)ccc2O)ccc1C(=O)NCc1cccc(O)c1. The van der Waals surface area contributed by atoms with Crippen LogP contribution in [0.4, 0.5) is 21.6 Å². The molecule has 0 radical (unpaired) electrons. The number of nitrogens with zero attached hydrogens (tertiary/aromatic N) is 1. The van der Waals surface area contributed by atoms with Crippen LogP contribution in [0.5, 0.6) is 11.5 Å². The number of nitrogens with two attached hydrogens (primary N) is 1. The fourth-order valence-corrected chi connectivity index (χ4v) is 3.72. The molecule has 4 aromatic rings. The highest BCUT2D eigenvalue weighted by Crippen LogP contribution is 2.33. The first kappa shape index (κ1) is 23.8. The van der Waals surface area contributed by atoms with Gasteiger partial charge in [0.1, 0.15) is 24.0 Å². The number of hydrogen-bond acceptors (Lipinski definition) is 6. The van der Waals surface area contributed by atoms with E-state index in [0.29, 0.717) is 33.2 Å². The summed E-state index contributed by atoms with van der Waals surface area (Å²) in [5.41, 5.74) is 9.22. The number of halogens is 2. The van der Waals surface area contributed by atoms with Crippen molar-refractivity contribution in [3.8, 4) is 22.8 Å². The average molecular weight is 493 g/mol. The van der Waals surface area contributed by atoms with Gasteiger partial charge in [0.15, 0.2) is 0 Å². The summed E-state index contributed by atoms with van der Waals surface area (Å²) in [6.45, 7) is -0.491. The Balaban J connectivity index is 1.54. The Morgan fingerprint density at radius 1 is 1.03 bits per heavy atom. The lowest BCUT2D eigenvalue weighted by atomic mass is 10.1. The maximum atomic E-state index is 13.4. The van der Waals surface area contributed by atoms with Gasteiger partial charge in [0.05, 0.1) is 11.3 Å². The summed E-state index contributed by atoms with van der Waals surface area (Å²) in [4.78, 5) is 16.9. The lowest BCUT2D eigenvalue weighted by molar-refractivity contribution is 0.0951. The maximum absolute atomic E-state index is 13.4. The van der Waals surface area contributed by atoms with E-state index in [2.05, 4.69) is 15.6 Å². The number of nitrogen functional groups attached to an aromatic ring is 1. The van der Waals surface area contributed by atoms with Crippen LogP contribution in [-0.4, -0.2) is 21.1 Å². The van der Waals surface area contributed by atoms with E-state index in [1.165, 1.54) is 18.2 Å². The molecule has 6 N–H and O–H groups in total. The van der Waals surface area contributed by atoms with Gasteiger partial charge in [-0.1, -0.05) is 23.7 Å². The summed E-state index contributed by atoms with van der Waals surface area (Å²) in [5, 5.41) is 26.2. The summed E-state index contributed by atoms with van der Waals surface area (Å²) in [6.07, 6.45) is 0. The lowest BCUT2D eigenvalue weighted by Gasteiger charge is -2.13. The van der Waals surface area contributed by atoms with Crippen LogP contribution in [0.15, 0.2) is 72.8 Å². The number of nitrogens with one attached hydrogen (secondary N) is 2. The van der Waals surface area contributed by atoms with Crippen LogP contribution < -0.4 is 16.4 Å². The van der Waals surface area contributed by atoms with E-state index in [0.717, 1.165) is 5.56 Å². The van der Waals surface area contributed by atoms with E-state index >= 15 is 0 Å². The monoisotopic (exact) mass is 492 g/mol. The van der Waals surface area contributed by atoms with Crippen molar-refractivity contribution in [1.29, 1.82) is 0 Å². The number of alkyl halides is 1. The quantitative estimate of drug-likeness (QED) is 0.216. The van der Waals surface area contributed by atoms with Gasteiger partial charge in [0, 0.05) is 34.1 Å². The summed E-state index contributed by atoms with van der Waals surface area (Å²) in [6, 6.07) is 19.3. The minimum atomic E-state index is -0.694. The van der Waals surface area contributed by atoms with Crippen LogP contribution in [0.2, 0.25) is 5.02 Å². The molecule has 7 nitrogen and oxygen atoms in total. The molecule has 0 bridgehead atoms. The minimum Gasteiger partial charge on any atom is -0.508 e. The number of carbonyl (C=O) groups excluding carboxylic acids is 1. The van der Waals surface area contributed by atoms with Crippen LogP contribution in [0.3, 0.4) is 0 Å². The third-order valence-corrected chi connectivity index (χ3v) is 5.53. The Labute approximate surface area is 206 Å². The molecule has 35 heavy (non-hydrogen) atoms. The molecule has 9 heteroatoms. The van der Waals surface area contributed by atoms with E-state index in [1.807, 2.05) is 0 Å². The Morgan fingerprint density at radius 3 is 2.60 bits per heavy atom. The third-order valence-electron chi connectivity index (χ3n) is 5.30. The molecule has 0 aliphatic rings. The van der Waals surface area contributed by atoms with Gasteiger partial charge in [-0.25, -0.2) is 9.37 Å². The Bertz CT molecular complexity index is 1400. The molecule has 1 aromatic heterocycles. The van der Waals surface area contributed by atoms with Crippen molar-refractivity contribution in [2.45, 2.75) is 13.2 Å². The summed E-state index contributed by atoms with van der Waals surface area (Å²) in [5.74, 6) is -0.363. The molecule has 178 valence electrons. The van der Waals surface area contributed by atoms with E-state index in [1.54, 1.807) is 54.6 Å². The number of anilines is 3. The average Bonchev–Trinajstić information content (AvgIpc) is 2.84. The molecular formula is C26H22ClFN4O3. The van der Waals surface area contributed by atoms with Gasteiger partial charge in [-0.3, -0.25) is 4.79 Å². The van der Waals surface area contributed by atoms with Crippen molar-refractivity contribution in [3.63, 3.8) is 0 Å². The molecule has 0 saturated heterocycles. The predicted molar refractivity (Wildman–Crippen MR) is 135 cm³/mol. The second-order valence-electron chi connectivity index (χ2n) is 7.77. The Hall–Kier alpha value is -4.30. The molecule has 1 heterocycles. The maximum Gasteiger partial charge on any atom is 0.255 e. The number of phenols is 2. The second kappa shape index (κ2) is 10.3. The van der Waals surface area contributed by atoms with Gasteiger partial charge in [-0.05, 0) is 66.2 Å². The van der Waals surface area contributed by atoms with Crippen molar-refractivity contribution < 1.29 is 19.4 Å². The number of phenolic OH excluding ortho intramolecular Hbond substituents is 2. The molecule has 0 aliphatic carbocycles. The van der Waals surface area contributed by atoms with Gasteiger partial charge in [-0.2, -0.15) is 0 Å². The zero-order valence-electron chi connectivity index (χ0n) is 18.4. The summed E-state index contributed by atoms with van der Waals surface area (Å²) < 4.78 is 13.4. The van der Waals surface area contributed by atoms with E-state index in [4.69, 9.17) is 17.3 Å². The van der Waals surface area contributed by atoms with Gasteiger partial charge in [0.25, 0.3) is 5.91 Å². The van der Waals surface area contributed by atoms with Crippen molar-refractivity contribution in [3.05, 3.63) is 94.5 Å². The van der Waals surface area contributed by atoms with Crippen molar-refractivity contribution in [1.82, 2.24) is 10.3 Å². The first-order valence-electron chi connectivity index (χ1n) is 10.6. The van der Waals surface area contributed by atoms with Crippen LogP contribution in [0.1, 0.15) is 21.5 Å². The standard InChI is InChI=1S/C26H22ClFN4O3/c27-17-4-7-22(16(11-17)13-28)31-18-5-9-24(34)21(12-18)23-8-6-20(25(29)32-23)26(35)30-14-15-2-1-3-19(33)10-15/h1-12,31,33-34H,13-14H2,(H2,29,32)(H,30,35). The molecule has 1 amide bonds. The summed E-state index contributed by atoms with van der Waals surface area (Å²) in [7, 11) is 0. The van der Waals surface area contributed by atoms with Crippen LogP contribution in [-0.2, 0) is 13.2 Å². The number of rotatable bonds is 7. The zero-order valence-corrected chi connectivity index (χ0v) is 19.2. The second-order valence-corrected chi connectivity index (χ2v) is 8.21. The largest absolute Gasteiger partial charge is 0.508 e. The number of hydrogen-bond donors (Lipinski definition) is 5. The van der Waals surface area contributed by atoms with Crippen molar-refractivity contribution >= 4 is 34.7 Å². The molecule has 0 atom stereocenters. The number of aromatic hydroxyl groups is 2. The lowest BCUT2D eigenvalue weighted by Crippen LogP contribution is -2.24. The predicted octanol–water partition coefficient (Wildman–Crippen LogP) is 5.54. The first-order chi connectivity index (χ1) is 16.8. The smallest absolute Gasteiger partial charge is 0.255 e. The van der Waals surface area contributed by atoms with Gasteiger partial charge in [-0.15, -0.1) is 0 Å². The number of benzene rings is 3. The highest BCUT2D eigenvalue weighted by Gasteiger charge is 2.15. The molecule has 3 aromatic carbocycles. The van der Waals surface area contributed by atoms with Gasteiger partial charge < -0.3 is 26.6 Å². The number of aromatic nitrogens is 1. The molecule has 0 aliphatic heterocycles. The van der Waals surface area contributed by atoms with Crippen LogP contribution >= 0.6 is 11.6 Å². The van der Waals surface area contributed by atoms with Crippen LogP contribution in [0.25, 0.3) is 11.3 Å². The summed E-state index contributed by atoms with van der Waals surface area (Å²) >= 11 is 5.95. The van der Waals surface area contributed by atoms with E-state index in [-0.39, 0.29) is 29.4 Å². The van der Waals surface area contributed by atoms with Gasteiger partial charge in [0.2, 0.25) is 0 Å². The van der Waals surface area contributed by atoms with Crippen molar-refractivity contribution in [2.24, 2.45) is 0 Å². The fourth-order valence-electron chi connectivity index (χ4n) is 3.53. The molecule has 0 saturated carbocycles. The fraction of sp³-hybridized carbons (Fsp3) is 0.0769. The van der Waals surface area contributed by atoms with Crippen LogP contribution in [0, 0.1) is 0 Å². The highest BCUT2D eigenvalue weighted by molar-refractivity contribution is 6.30. The Morgan fingerprint density at radius 2 is 1.86 bits per heavy atom. The number of carbonyl (C=O) groups is 1. The molecular weight excluding hydrogens is 471 g/mol. The first-order valence-corrected chi connectivity index (χ1v) is 11.0. The normalized spacial score (nSPS) is 10.7. The minimum absolute atomic E-state index is 0.00825. The Kier molecular flexibility index (Phi) is 7.03. The van der Waals surface area contributed by atoms with E-state index in [9.17, 15) is 19.4 Å².